The number of piperidine rings is 1. The Hall–Kier alpha value is -2.65. The number of Topliss-reactive ketones (excluding diaryl/α,β-unsaturated/α-hetero) is 1. The molecule has 0 aromatic heterocycles. The van der Waals surface area contributed by atoms with Gasteiger partial charge in [0.2, 0.25) is 17.6 Å². The average Bonchev–Trinajstić information content (AvgIpc) is 3.15. The van der Waals surface area contributed by atoms with Gasteiger partial charge in [-0.05, 0) is 47.8 Å². The van der Waals surface area contributed by atoms with E-state index in [-0.39, 0.29) is 41.1 Å². The van der Waals surface area contributed by atoms with Crippen molar-refractivity contribution in [2.75, 3.05) is 6.54 Å². The predicted octanol–water partition coefficient (Wildman–Crippen LogP) is 2.25. The third-order valence-corrected chi connectivity index (χ3v) is 9.76. The van der Waals surface area contributed by atoms with Crippen molar-refractivity contribution in [2.24, 2.45) is 34.3 Å². The van der Waals surface area contributed by atoms with Gasteiger partial charge in [-0.25, -0.2) is 4.79 Å². The maximum absolute atomic E-state index is 14.0. The van der Waals surface area contributed by atoms with Crippen molar-refractivity contribution in [3.8, 4) is 0 Å². The molecule has 3 aliphatic carbocycles. The molecule has 4 aliphatic rings. The van der Waals surface area contributed by atoms with E-state index in [1.165, 1.54) is 6.42 Å². The van der Waals surface area contributed by atoms with Crippen LogP contribution in [0.2, 0.25) is 0 Å². The maximum atomic E-state index is 14.0. The van der Waals surface area contributed by atoms with E-state index in [0.29, 0.717) is 13.0 Å². The molecule has 1 saturated heterocycles. The topological polar surface area (TPSA) is 151 Å². The van der Waals surface area contributed by atoms with Crippen LogP contribution in [0.5, 0.6) is 0 Å². The summed E-state index contributed by atoms with van der Waals surface area (Å²) < 4.78 is 0. The number of carbonyl (C=O) groups is 5. The Balaban J connectivity index is 1.50. The number of urea groups is 1. The normalized spacial score (nSPS) is 27.9. The zero-order valence-corrected chi connectivity index (χ0v) is 24.2. The summed E-state index contributed by atoms with van der Waals surface area (Å²) in [5, 5.41) is 8.75. The Morgan fingerprint density at radius 3 is 2.13 bits per heavy atom. The van der Waals surface area contributed by atoms with Crippen LogP contribution in [0.15, 0.2) is 0 Å². The van der Waals surface area contributed by atoms with Gasteiger partial charge in [0.05, 0.1) is 6.04 Å². The summed E-state index contributed by atoms with van der Waals surface area (Å²) >= 11 is 0. The molecule has 3 saturated carbocycles. The molecular weight excluding hydrogens is 498 g/mol. The minimum absolute atomic E-state index is 0.0637. The molecule has 10 nitrogen and oxygen atoms in total. The lowest BCUT2D eigenvalue weighted by atomic mass is 9.80. The number of fused-ring (bicyclic) bond motifs is 1. The van der Waals surface area contributed by atoms with E-state index < -0.39 is 41.1 Å². The molecule has 0 spiro atoms. The number of nitrogens with two attached hydrogens (primary N) is 1. The minimum atomic E-state index is -1.07. The Morgan fingerprint density at radius 2 is 1.59 bits per heavy atom. The van der Waals surface area contributed by atoms with Gasteiger partial charge in [0.15, 0.2) is 0 Å². The van der Waals surface area contributed by atoms with Crippen LogP contribution in [0.25, 0.3) is 0 Å². The monoisotopic (exact) mass is 545 g/mol. The number of hydrogen-bond acceptors (Lipinski definition) is 5. The number of likely N-dealkylation sites (tertiary alicyclic amines) is 1. The Morgan fingerprint density at radius 1 is 0.949 bits per heavy atom. The van der Waals surface area contributed by atoms with Gasteiger partial charge < -0.3 is 26.6 Å². The van der Waals surface area contributed by atoms with Crippen LogP contribution in [0.3, 0.4) is 0 Å². The highest BCUT2D eigenvalue weighted by Crippen LogP contribution is 2.65. The smallest absolute Gasteiger partial charge is 0.315 e. The molecule has 4 fully saturated rings. The van der Waals surface area contributed by atoms with Gasteiger partial charge in [-0.15, -0.1) is 0 Å². The van der Waals surface area contributed by atoms with Crippen molar-refractivity contribution in [3.63, 3.8) is 0 Å². The van der Waals surface area contributed by atoms with Crippen LogP contribution in [0.1, 0.15) is 92.4 Å². The van der Waals surface area contributed by atoms with Gasteiger partial charge in [0, 0.05) is 12.6 Å². The molecule has 4 rings (SSSR count). The molecule has 0 aromatic carbocycles. The van der Waals surface area contributed by atoms with Crippen molar-refractivity contribution >= 4 is 29.5 Å². The minimum Gasteiger partial charge on any atom is -0.363 e. The molecule has 0 bridgehead atoms. The number of rotatable bonds is 9. The molecular formula is C29H47N5O5. The molecule has 39 heavy (non-hydrogen) atoms. The lowest BCUT2D eigenvalue weighted by molar-refractivity contribution is -0.145. The summed E-state index contributed by atoms with van der Waals surface area (Å²) in [5.74, 6) is -2.25. The van der Waals surface area contributed by atoms with Gasteiger partial charge in [0.1, 0.15) is 12.1 Å². The Kier molecular flexibility index (Phi) is 8.34. The van der Waals surface area contributed by atoms with E-state index in [1.54, 1.807) is 4.90 Å². The SMILES string of the molecule is CC(C)(C)[C@H](NC(=O)NC1CCCCC1)C(=O)N1CC2[C@@H]([C@H]1C(=O)NC(CC1CCC1)C(=O)C(N)=O)C2(C)C. The number of nitrogens with one attached hydrogen (secondary N) is 3. The van der Waals surface area contributed by atoms with E-state index in [4.69, 9.17) is 5.73 Å². The van der Waals surface area contributed by atoms with E-state index in [9.17, 15) is 24.0 Å². The zero-order valence-electron chi connectivity index (χ0n) is 24.2. The first kappa shape index (κ1) is 29.3. The number of hydrogen-bond donors (Lipinski definition) is 4. The highest BCUT2D eigenvalue weighted by Gasteiger charge is 2.70. The fraction of sp³-hybridized carbons (Fsp3) is 0.828. The summed E-state index contributed by atoms with van der Waals surface area (Å²) in [5.41, 5.74) is 4.58. The van der Waals surface area contributed by atoms with Gasteiger partial charge in [-0.2, -0.15) is 0 Å². The summed E-state index contributed by atoms with van der Waals surface area (Å²) in [4.78, 5) is 66.7. The van der Waals surface area contributed by atoms with Crippen molar-refractivity contribution in [1.29, 1.82) is 0 Å². The van der Waals surface area contributed by atoms with E-state index in [1.807, 2.05) is 20.8 Å². The Labute approximate surface area is 231 Å². The third-order valence-electron chi connectivity index (χ3n) is 9.76. The van der Waals surface area contributed by atoms with Crippen LogP contribution in [-0.4, -0.2) is 65.1 Å². The zero-order chi connectivity index (χ0) is 28.7. The largest absolute Gasteiger partial charge is 0.363 e. The first-order valence-corrected chi connectivity index (χ1v) is 14.7. The first-order chi connectivity index (χ1) is 18.2. The van der Waals surface area contributed by atoms with Crippen LogP contribution in [0, 0.1) is 28.6 Å². The fourth-order valence-electron chi connectivity index (χ4n) is 6.95. The van der Waals surface area contributed by atoms with Gasteiger partial charge in [-0.1, -0.05) is 73.1 Å². The second-order valence-corrected chi connectivity index (χ2v) is 14.0. The van der Waals surface area contributed by atoms with Gasteiger partial charge >= 0.3 is 6.03 Å². The van der Waals surface area contributed by atoms with Crippen molar-refractivity contribution < 1.29 is 24.0 Å². The van der Waals surface area contributed by atoms with Crippen molar-refractivity contribution in [2.45, 2.75) is 117 Å². The van der Waals surface area contributed by atoms with E-state index in [0.717, 1.165) is 44.9 Å². The maximum Gasteiger partial charge on any atom is 0.315 e. The predicted molar refractivity (Wildman–Crippen MR) is 146 cm³/mol. The lowest BCUT2D eigenvalue weighted by Crippen LogP contribution is -2.61. The number of amides is 5. The van der Waals surface area contributed by atoms with Crippen molar-refractivity contribution in [1.82, 2.24) is 20.9 Å². The highest BCUT2D eigenvalue weighted by molar-refractivity contribution is 6.37. The molecule has 5 N–H and O–H groups in total. The van der Waals surface area contributed by atoms with Crippen LogP contribution in [-0.2, 0) is 19.2 Å². The molecule has 5 amide bonds. The molecule has 5 atom stereocenters. The molecule has 10 heteroatoms. The van der Waals surface area contributed by atoms with Gasteiger partial charge in [-0.3, -0.25) is 19.2 Å². The number of primary amides is 1. The second-order valence-electron chi connectivity index (χ2n) is 14.0. The standard InChI is InChI=1S/C29H47N5O5/c1-28(2,3)23(33-27(39)31-17-12-7-6-8-13-17)26(38)34-15-18-20(29(18,4)5)21(34)25(37)32-19(22(35)24(30)36)14-16-10-9-11-16/h16-21,23H,6-15H2,1-5H3,(H2,30,36)(H,32,37)(H2,31,33,39)/t18?,19?,20-,21-,23+/m0/s1. The summed E-state index contributed by atoms with van der Waals surface area (Å²) in [6.45, 7) is 10.3. The van der Waals surface area contributed by atoms with Crippen LogP contribution >= 0.6 is 0 Å². The number of ketones is 1. The molecule has 0 aromatic rings. The molecule has 218 valence electrons. The Bertz CT molecular complexity index is 995. The average molecular weight is 546 g/mol. The van der Waals surface area contributed by atoms with Crippen LogP contribution < -0.4 is 21.7 Å². The quantitative estimate of drug-likeness (QED) is 0.328. The summed E-state index contributed by atoms with van der Waals surface area (Å²) in [6.07, 6.45) is 8.53. The van der Waals surface area contributed by atoms with E-state index >= 15 is 0 Å². The highest BCUT2D eigenvalue weighted by atomic mass is 16.2. The lowest BCUT2D eigenvalue weighted by Gasteiger charge is -2.38. The molecule has 1 heterocycles. The molecule has 1 aliphatic heterocycles. The van der Waals surface area contributed by atoms with Gasteiger partial charge in [0.25, 0.3) is 5.91 Å². The first-order valence-electron chi connectivity index (χ1n) is 14.7. The summed E-state index contributed by atoms with van der Waals surface area (Å²) in [7, 11) is 0. The summed E-state index contributed by atoms with van der Waals surface area (Å²) in [6, 6.07) is -2.88. The molecule has 0 radical (unpaired) electrons. The molecule has 2 unspecified atom stereocenters. The van der Waals surface area contributed by atoms with E-state index in [2.05, 4.69) is 29.8 Å². The van der Waals surface area contributed by atoms with Crippen molar-refractivity contribution in [3.05, 3.63) is 0 Å². The number of nitrogens with zero attached hydrogens (tertiary/aromatic N) is 1. The second kappa shape index (κ2) is 11.1. The number of carbonyl (C=O) groups excluding carboxylic acids is 5. The third kappa shape index (κ3) is 6.24. The fourth-order valence-corrected chi connectivity index (χ4v) is 6.95. The van der Waals surface area contributed by atoms with Crippen LogP contribution in [0.4, 0.5) is 4.79 Å².